The van der Waals surface area contributed by atoms with E-state index in [-0.39, 0.29) is 23.5 Å². The van der Waals surface area contributed by atoms with Crippen LogP contribution in [0.3, 0.4) is 0 Å². The van der Waals surface area contributed by atoms with Crippen molar-refractivity contribution in [2.45, 2.75) is 26.3 Å². The molecule has 1 aromatic carbocycles. The number of imide groups is 1. The molecule has 0 saturated carbocycles. The molecule has 0 spiro atoms. The van der Waals surface area contributed by atoms with E-state index < -0.39 is 23.8 Å². The highest BCUT2D eigenvalue weighted by molar-refractivity contribution is 6.32. The monoisotopic (exact) mass is 295 g/mol. The number of carbonyl (C=O) groups excluding carboxylic acids is 2. The molecular weight excluding hydrogens is 282 g/mol. The van der Waals surface area contributed by atoms with Crippen molar-refractivity contribution < 1.29 is 19.5 Å². The number of carboxylic acids is 1. The summed E-state index contributed by atoms with van der Waals surface area (Å²) < 4.78 is 0. The number of hydrogen-bond donors (Lipinski definition) is 1. The fraction of sp³-hybridized carbons (Fsp3) is 0.357. The van der Waals surface area contributed by atoms with E-state index >= 15 is 0 Å². The Morgan fingerprint density at radius 1 is 1.25 bits per heavy atom. The van der Waals surface area contributed by atoms with Crippen LogP contribution < -0.4 is 0 Å². The van der Waals surface area contributed by atoms with Crippen molar-refractivity contribution in [1.82, 2.24) is 4.90 Å². The summed E-state index contributed by atoms with van der Waals surface area (Å²) in [5.41, 5.74) is 0.368. The molecule has 1 atom stereocenters. The van der Waals surface area contributed by atoms with E-state index in [2.05, 4.69) is 0 Å². The molecule has 0 radical (unpaired) electrons. The van der Waals surface area contributed by atoms with Crippen LogP contribution in [0.1, 0.15) is 41.0 Å². The molecule has 1 aromatic rings. The predicted molar refractivity (Wildman–Crippen MR) is 72.8 cm³/mol. The number of benzene rings is 1. The number of halogens is 1. The number of hydrogen-bond acceptors (Lipinski definition) is 3. The molecule has 0 unspecified atom stereocenters. The van der Waals surface area contributed by atoms with Crippen LogP contribution in [0.25, 0.3) is 0 Å². The fourth-order valence-electron chi connectivity index (χ4n) is 2.28. The summed E-state index contributed by atoms with van der Waals surface area (Å²) in [5, 5.41) is 9.62. The Labute approximate surface area is 121 Å². The largest absolute Gasteiger partial charge is 0.480 e. The van der Waals surface area contributed by atoms with Gasteiger partial charge >= 0.3 is 5.97 Å². The highest BCUT2D eigenvalue weighted by atomic mass is 35.5. The lowest BCUT2D eigenvalue weighted by Crippen LogP contribution is -2.45. The van der Waals surface area contributed by atoms with Gasteiger partial charge in [0, 0.05) is 5.02 Å². The Bertz CT molecular complexity index is 597. The van der Waals surface area contributed by atoms with Crippen LogP contribution in [0.4, 0.5) is 0 Å². The summed E-state index contributed by atoms with van der Waals surface area (Å²) in [6, 6.07) is 3.20. The highest BCUT2D eigenvalue weighted by Gasteiger charge is 2.43. The fourth-order valence-corrected chi connectivity index (χ4v) is 2.45. The van der Waals surface area contributed by atoms with Crippen LogP contribution in [0, 0.1) is 5.92 Å². The molecule has 2 rings (SSSR count). The standard InChI is InChI=1S/C14H14ClNO4/c1-7(2)5-11(14(19)20)16-12(17)9-4-3-8(15)6-10(9)13(16)18/h3-4,6-7,11H,5H2,1-2H3,(H,19,20)/t11-/m0/s1. The Morgan fingerprint density at radius 3 is 2.40 bits per heavy atom. The Balaban J connectivity index is 2.42. The molecule has 0 aliphatic carbocycles. The summed E-state index contributed by atoms with van der Waals surface area (Å²) in [5.74, 6) is -2.31. The third-order valence-electron chi connectivity index (χ3n) is 3.17. The van der Waals surface area contributed by atoms with Gasteiger partial charge in [-0.3, -0.25) is 14.5 Å². The normalized spacial score (nSPS) is 15.7. The zero-order valence-electron chi connectivity index (χ0n) is 11.1. The van der Waals surface area contributed by atoms with E-state index in [1.54, 1.807) is 0 Å². The number of rotatable bonds is 4. The number of amides is 2. The van der Waals surface area contributed by atoms with Crippen LogP contribution in [0.5, 0.6) is 0 Å². The molecular formula is C14H14ClNO4. The molecule has 6 heteroatoms. The van der Waals surface area contributed by atoms with Crippen molar-refractivity contribution in [3.8, 4) is 0 Å². The number of nitrogens with zero attached hydrogens (tertiary/aromatic N) is 1. The van der Waals surface area contributed by atoms with Crippen LogP contribution in [0.2, 0.25) is 5.02 Å². The average molecular weight is 296 g/mol. The van der Waals surface area contributed by atoms with Crippen molar-refractivity contribution in [1.29, 1.82) is 0 Å². The first-order chi connectivity index (χ1) is 9.32. The van der Waals surface area contributed by atoms with E-state index in [0.29, 0.717) is 5.02 Å². The van der Waals surface area contributed by atoms with E-state index in [1.807, 2.05) is 13.8 Å². The third kappa shape index (κ3) is 2.41. The van der Waals surface area contributed by atoms with Crippen molar-refractivity contribution in [3.63, 3.8) is 0 Å². The second-order valence-corrected chi connectivity index (χ2v) is 5.59. The van der Waals surface area contributed by atoms with E-state index in [4.69, 9.17) is 11.6 Å². The molecule has 0 aromatic heterocycles. The second-order valence-electron chi connectivity index (χ2n) is 5.15. The smallest absolute Gasteiger partial charge is 0.326 e. The van der Waals surface area contributed by atoms with Crippen LogP contribution in [-0.2, 0) is 4.79 Å². The Hall–Kier alpha value is -1.88. The van der Waals surface area contributed by atoms with Gasteiger partial charge in [0.15, 0.2) is 0 Å². The number of fused-ring (bicyclic) bond motifs is 1. The minimum absolute atomic E-state index is 0.0454. The summed E-state index contributed by atoms with van der Waals surface area (Å²) in [6.45, 7) is 3.68. The highest BCUT2D eigenvalue weighted by Crippen LogP contribution is 2.29. The summed E-state index contributed by atoms with van der Waals surface area (Å²) in [7, 11) is 0. The number of carboxylic acid groups (broad SMARTS) is 1. The first kappa shape index (κ1) is 14.5. The van der Waals surface area contributed by atoms with Crippen LogP contribution >= 0.6 is 11.6 Å². The molecule has 106 valence electrons. The van der Waals surface area contributed by atoms with Gasteiger partial charge in [-0.05, 0) is 30.5 Å². The van der Waals surface area contributed by atoms with Gasteiger partial charge in [0.25, 0.3) is 11.8 Å². The minimum Gasteiger partial charge on any atom is -0.480 e. The summed E-state index contributed by atoms with van der Waals surface area (Å²) >= 11 is 5.81. The number of aliphatic carboxylic acids is 1. The lowest BCUT2D eigenvalue weighted by atomic mass is 10.0. The lowest BCUT2D eigenvalue weighted by Gasteiger charge is -2.23. The topological polar surface area (TPSA) is 74.7 Å². The van der Waals surface area contributed by atoms with E-state index in [9.17, 15) is 19.5 Å². The maximum atomic E-state index is 12.3. The molecule has 0 bridgehead atoms. The van der Waals surface area contributed by atoms with Gasteiger partial charge in [0.1, 0.15) is 6.04 Å². The maximum absolute atomic E-state index is 12.3. The van der Waals surface area contributed by atoms with E-state index in [1.165, 1.54) is 18.2 Å². The lowest BCUT2D eigenvalue weighted by molar-refractivity contribution is -0.142. The molecule has 1 aliphatic heterocycles. The van der Waals surface area contributed by atoms with Gasteiger partial charge in [-0.1, -0.05) is 25.4 Å². The van der Waals surface area contributed by atoms with Gasteiger partial charge < -0.3 is 5.11 Å². The molecule has 1 aliphatic rings. The van der Waals surface area contributed by atoms with Crippen molar-refractivity contribution in [2.75, 3.05) is 0 Å². The predicted octanol–water partition coefficient (Wildman–Crippen LogP) is 2.44. The molecule has 5 nitrogen and oxygen atoms in total. The molecule has 0 saturated heterocycles. The zero-order chi connectivity index (χ0) is 15.0. The van der Waals surface area contributed by atoms with Crippen molar-refractivity contribution in [2.24, 2.45) is 5.92 Å². The van der Waals surface area contributed by atoms with E-state index in [0.717, 1.165) is 4.90 Å². The molecule has 1 heterocycles. The number of carbonyl (C=O) groups is 3. The summed E-state index contributed by atoms with van der Waals surface area (Å²) in [4.78, 5) is 36.7. The molecule has 2 amide bonds. The Morgan fingerprint density at radius 2 is 1.85 bits per heavy atom. The van der Waals surface area contributed by atoms with Gasteiger partial charge in [-0.15, -0.1) is 0 Å². The van der Waals surface area contributed by atoms with Gasteiger partial charge in [-0.25, -0.2) is 4.79 Å². The quantitative estimate of drug-likeness (QED) is 0.866. The van der Waals surface area contributed by atoms with Gasteiger partial charge in [0.2, 0.25) is 0 Å². The second kappa shape index (κ2) is 5.25. The molecule has 20 heavy (non-hydrogen) atoms. The SMILES string of the molecule is CC(C)C[C@@H](C(=O)O)N1C(=O)c2ccc(Cl)cc2C1=O. The van der Waals surface area contributed by atoms with Crippen LogP contribution in [-0.4, -0.2) is 33.8 Å². The minimum atomic E-state index is -1.18. The van der Waals surface area contributed by atoms with Gasteiger partial charge in [-0.2, -0.15) is 0 Å². The Kier molecular flexibility index (Phi) is 3.81. The molecule has 0 fully saturated rings. The average Bonchev–Trinajstić information content (AvgIpc) is 2.58. The van der Waals surface area contributed by atoms with Crippen molar-refractivity contribution >= 4 is 29.4 Å². The molecule has 1 N–H and O–H groups in total. The maximum Gasteiger partial charge on any atom is 0.326 e. The third-order valence-corrected chi connectivity index (χ3v) is 3.41. The van der Waals surface area contributed by atoms with Gasteiger partial charge in [0.05, 0.1) is 11.1 Å². The zero-order valence-corrected chi connectivity index (χ0v) is 11.8. The summed E-state index contributed by atoms with van der Waals surface area (Å²) in [6.07, 6.45) is 0.217. The first-order valence-corrected chi connectivity index (χ1v) is 6.61. The first-order valence-electron chi connectivity index (χ1n) is 6.23. The van der Waals surface area contributed by atoms with Crippen molar-refractivity contribution in [3.05, 3.63) is 34.3 Å². The van der Waals surface area contributed by atoms with Crippen LogP contribution in [0.15, 0.2) is 18.2 Å².